The number of halogens is 1. The minimum absolute atomic E-state index is 0.348. The standard InChI is InChI=1S/C16H25ClO/c17-16-12-10-15(11-13-16)9-7-5-3-1-2-4-6-8-14-18/h10-13,18H,1-9,14H2. The first-order valence-electron chi connectivity index (χ1n) is 7.18. The first-order valence-corrected chi connectivity index (χ1v) is 7.56. The molecule has 1 rings (SSSR count). The maximum absolute atomic E-state index is 8.66. The molecule has 0 saturated heterocycles. The van der Waals surface area contributed by atoms with Crippen molar-refractivity contribution in [2.24, 2.45) is 0 Å². The monoisotopic (exact) mass is 268 g/mol. The summed E-state index contributed by atoms with van der Waals surface area (Å²) in [6.07, 6.45) is 11.2. The molecule has 1 aromatic carbocycles. The summed E-state index contributed by atoms with van der Waals surface area (Å²) in [6, 6.07) is 8.19. The van der Waals surface area contributed by atoms with Gasteiger partial charge in [-0.2, -0.15) is 0 Å². The molecule has 1 nitrogen and oxygen atoms in total. The maximum atomic E-state index is 8.66. The number of hydrogen-bond acceptors (Lipinski definition) is 1. The number of aryl methyl sites for hydroxylation is 1. The van der Waals surface area contributed by atoms with Gasteiger partial charge in [-0.3, -0.25) is 0 Å². The zero-order chi connectivity index (χ0) is 13.1. The quantitative estimate of drug-likeness (QED) is 0.593. The molecule has 1 N–H and O–H groups in total. The molecule has 0 heterocycles. The van der Waals surface area contributed by atoms with Crippen LogP contribution in [0.1, 0.15) is 56.9 Å². The molecule has 0 aromatic heterocycles. The largest absolute Gasteiger partial charge is 0.396 e. The van der Waals surface area contributed by atoms with Crippen LogP contribution in [0.15, 0.2) is 24.3 Å². The zero-order valence-electron chi connectivity index (χ0n) is 11.2. The Morgan fingerprint density at radius 3 is 1.78 bits per heavy atom. The number of aliphatic hydroxyl groups is 1. The van der Waals surface area contributed by atoms with Gasteiger partial charge in [0.25, 0.3) is 0 Å². The highest BCUT2D eigenvalue weighted by molar-refractivity contribution is 6.30. The molecule has 0 aliphatic rings. The Hall–Kier alpha value is -0.530. The molecule has 0 radical (unpaired) electrons. The fourth-order valence-corrected chi connectivity index (χ4v) is 2.28. The lowest BCUT2D eigenvalue weighted by atomic mass is 10.0. The summed E-state index contributed by atoms with van der Waals surface area (Å²) in [6.45, 7) is 0.348. The summed E-state index contributed by atoms with van der Waals surface area (Å²) >= 11 is 5.85. The maximum Gasteiger partial charge on any atom is 0.0431 e. The Labute approximate surface area is 116 Å². The lowest BCUT2D eigenvalue weighted by Gasteiger charge is -2.03. The number of benzene rings is 1. The highest BCUT2D eigenvalue weighted by Gasteiger charge is 1.95. The summed E-state index contributed by atoms with van der Waals surface area (Å²) in [7, 11) is 0. The van der Waals surface area contributed by atoms with Crippen molar-refractivity contribution in [1.29, 1.82) is 0 Å². The predicted molar refractivity (Wildman–Crippen MR) is 79.2 cm³/mol. The van der Waals surface area contributed by atoms with Crippen LogP contribution in [0.3, 0.4) is 0 Å². The Balaban J connectivity index is 1.91. The molecule has 0 spiro atoms. The normalized spacial score (nSPS) is 10.8. The summed E-state index contributed by atoms with van der Waals surface area (Å²) < 4.78 is 0. The number of aliphatic hydroxyl groups excluding tert-OH is 1. The summed E-state index contributed by atoms with van der Waals surface area (Å²) in [4.78, 5) is 0. The Kier molecular flexibility index (Phi) is 8.97. The van der Waals surface area contributed by atoms with Crippen molar-refractivity contribution >= 4 is 11.6 Å². The van der Waals surface area contributed by atoms with Crippen molar-refractivity contribution in [3.8, 4) is 0 Å². The summed E-state index contributed by atoms with van der Waals surface area (Å²) in [5, 5.41) is 9.48. The number of hydrogen-bond donors (Lipinski definition) is 1. The minimum Gasteiger partial charge on any atom is -0.396 e. The highest BCUT2D eigenvalue weighted by Crippen LogP contribution is 2.13. The molecule has 0 fully saturated rings. The van der Waals surface area contributed by atoms with Gasteiger partial charge < -0.3 is 5.11 Å². The molecule has 102 valence electrons. The Morgan fingerprint density at radius 2 is 1.22 bits per heavy atom. The molecule has 0 saturated carbocycles. The lowest BCUT2D eigenvalue weighted by molar-refractivity contribution is 0.282. The van der Waals surface area contributed by atoms with Crippen LogP contribution in [-0.2, 0) is 6.42 Å². The van der Waals surface area contributed by atoms with E-state index in [1.807, 2.05) is 12.1 Å². The lowest BCUT2D eigenvalue weighted by Crippen LogP contribution is -1.87. The van der Waals surface area contributed by atoms with E-state index >= 15 is 0 Å². The fourth-order valence-electron chi connectivity index (χ4n) is 2.15. The van der Waals surface area contributed by atoms with Gasteiger partial charge >= 0.3 is 0 Å². The zero-order valence-corrected chi connectivity index (χ0v) is 12.0. The first-order chi connectivity index (χ1) is 8.83. The molecule has 0 unspecified atom stereocenters. The third-order valence-electron chi connectivity index (χ3n) is 3.29. The van der Waals surface area contributed by atoms with E-state index in [4.69, 9.17) is 16.7 Å². The first kappa shape index (κ1) is 15.5. The van der Waals surface area contributed by atoms with Gasteiger partial charge in [0.05, 0.1) is 0 Å². The average molecular weight is 269 g/mol. The molecule has 2 heteroatoms. The topological polar surface area (TPSA) is 20.2 Å². The van der Waals surface area contributed by atoms with Crippen LogP contribution in [0.25, 0.3) is 0 Å². The van der Waals surface area contributed by atoms with E-state index in [1.165, 1.54) is 56.9 Å². The Morgan fingerprint density at radius 1 is 0.722 bits per heavy atom. The van der Waals surface area contributed by atoms with Crippen LogP contribution >= 0.6 is 11.6 Å². The molecule has 0 atom stereocenters. The number of rotatable bonds is 10. The third kappa shape index (κ3) is 7.73. The molecule has 1 aromatic rings. The van der Waals surface area contributed by atoms with Crippen molar-refractivity contribution in [1.82, 2.24) is 0 Å². The Bertz CT molecular complexity index is 294. The average Bonchev–Trinajstić information content (AvgIpc) is 2.39. The summed E-state index contributed by atoms with van der Waals surface area (Å²) in [5.74, 6) is 0. The van der Waals surface area contributed by atoms with Crippen LogP contribution in [0.2, 0.25) is 5.02 Å². The molecule has 0 aliphatic carbocycles. The van der Waals surface area contributed by atoms with Crippen LogP contribution in [0.4, 0.5) is 0 Å². The van der Waals surface area contributed by atoms with Gasteiger partial charge in [0, 0.05) is 11.6 Å². The second-order valence-electron chi connectivity index (χ2n) is 4.93. The van der Waals surface area contributed by atoms with Gasteiger partial charge in [0.2, 0.25) is 0 Å². The second kappa shape index (κ2) is 10.4. The van der Waals surface area contributed by atoms with Crippen molar-refractivity contribution < 1.29 is 5.11 Å². The van der Waals surface area contributed by atoms with Crippen LogP contribution in [-0.4, -0.2) is 11.7 Å². The van der Waals surface area contributed by atoms with Crippen molar-refractivity contribution in [2.75, 3.05) is 6.61 Å². The van der Waals surface area contributed by atoms with Gasteiger partial charge in [-0.05, 0) is 37.0 Å². The van der Waals surface area contributed by atoms with Gasteiger partial charge in [0.1, 0.15) is 0 Å². The predicted octanol–water partition coefficient (Wildman–Crippen LogP) is 5.00. The van der Waals surface area contributed by atoms with Crippen LogP contribution < -0.4 is 0 Å². The SMILES string of the molecule is OCCCCCCCCCCc1ccc(Cl)cc1. The molecular weight excluding hydrogens is 244 g/mol. The molecule has 0 amide bonds. The second-order valence-corrected chi connectivity index (χ2v) is 5.36. The van der Waals surface area contributed by atoms with E-state index in [0.717, 1.165) is 11.4 Å². The van der Waals surface area contributed by atoms with E-state index in [9.17, 15) is 0 Å². The van der Waals surface area contributed by atoms with E-state index in [0.29, 0.717) is 6.61 Å². The van der Waals surface area contributed by atoms with E-state index in [2.05, 4.69) is 12.1 Å². The summed E-state index contributed by atoms with van der Waals surface area (Å²) in [5.41, 5.74) is 1.39. The van der Waals surface area contributed by atoms with Gasteiger partial charge in [-0.1, -0.05) is 62.3 Å². The van der Waals surface area contributed by atoms with Gasteiger partial charge in [-0.15, -0.1) is 0 Å². The molecule has 18 heavy (non-hydrogen) atoms. The van der Waals surface area contributed by atoms with Crippen molar-refractivity contribution in [3.63, 3.8) is 0 Å². The van der Waals surface area contributed by atoms with Crippen molar-refractivity contribution in [2.45, 2.75) is 57.8 Å². The fraction of sp³-hybridized carbons (Fsp3) is 0.625. The minimum atomic E-state index is 0.348. The van der Waals surface area contributed by atoms with E-state index < -0.39 is 0 Å². The molecule has 0 bridgehead atoms. The van der Waals surface area contributed by atoms with E-state index in [-0.39, 0.29) is 0 Å². The van der Waals surface area contributed by atoms with Gasteiger partial charge in [0.15, 0.2) is 0 Å². The van der Waals surface area contributed by atoms with Crippen molar-refractivity contribution in [3.05, 3.63) is 34.9 Å². The molecular formula is C16H25ClO. The third-order valence-corrected chi connectivity index (χ3v) is 3.54. The highest BCUT2D eigenvalue weighted by atomic mass is 35.5. The van der Waals surface area contributed by atoms with Gasteiger partial charge in [-0.25, -0.2) is 0 Å². The molecule has 0 aliphatic heterocycles. The van der Waals surface area contributed by atoms with Crippen LogP contribution in [0, 0.1) is 0 Å². The number of unbranched alkanes of at least 4 members (excludes halogenated alkanes) is 7. The smallest absolute Gasteiger partial charge is 0.0431 e. The van der Waals surface area contributed by atoms with E-state index in [1.54, 1.807) is 0 Å². The van der Waals surface area contributed by atoms with Crippen LogP contribution in [0.5, 0.6) is 0 Å².